The molecule has 0 saturated heterocycles. The van der Waals surface area contributed by atoms with Crippen molar-refractivity contribution in [3.63, 3.8) is 0 Å². The second-order valence-corrected chi connectivity index (χ2v) is 11.9. The first-order chi connectivity index (χ1) is 20.5. The number of methoxy groups -OCH3 is 2. The molecule has 1 fully saturated rings. The van der Waals surface area contributed by atoms with E-state index in [1.165, 1.54) is 19.3 Å². The highest BCUT2D eigenvalue weighted by molar-refractivity contribution is 5.90. The number of nitrogens with one attached hydrogen (secondary N) is 2. The molecule has 1 saturated carbocycles. The van der Waals surface area contributed by atoms with Gasteiger partial charge in [-0.2, -0.15) is 9.97 Å². The molecular weight excluding hydrogens is 550 g/mol. The van der Waals surface area contributed by atoms with E-state index in [1.54, 1.807) is 20.4 Å². The molecule has 0 spiro atoms. The van der Waals surface area contributed by atoms with Crippen molar-refractivity contribution >= 4 is 34.5 Å². The van der Waals surface area contributed by atoms with E-state index in [-0.39, 0.29) is 18.5 Å². The second-order valence-electron chi connectivity index (χ2n) is 11.9. The van der Waals surface area contributed by atoms with Crippen LogP contribution in [-0.2, 0) is 16.1 Å². The number of hydrogen-bond donors (Lipinski definition) is 4. The summed E-state index contributed by atoms with van der Waals surface area (Å²) in [5, 5.41) is 7.60. The maximum absolute atomic E-state index is 13.1. The highest BCUT2D eigenvalue weighted by Gasteiger charge is 2.28. The topological polar surface area (TPSA) is 169 Å². The smallest absolute Gasteiger partial charge is 0.323 e. The Morgan fingerprint density at radius 3 is 2.37 bits per heavy atom. The van der Waals surface area contributed by atoms with Crippen LogP contribution in [0.25, 0.3) is 11.0 Å². The van der Waals surface area contributed by atoms with Crippen LogP contribution in [0, 0.1) is 6.92 Å². The van der Waals surface area contributed by atoms with E-state index in [4.69, 9.17) is 30.4 Å². The number of benzene rings is 1. The number of aromatic nitrogens is 3. The number of nitrogen functional groups attached to an aromatic ring is 2. The molecule has 0 unspecified atom stereocenters. The van der Waals surface area contributed by atoms with Crippen LogP contribution in [-0.4, -0.2) is 59.4 Å². The van der Waals surface area contributed by atoms with Gasteiger partial charge in [-0.1, -0.05) is 19.3 Å². The zero-order chi connectivity index (χ0) is 31.1. The van der Waals surface area contributed by atoms with Crippen LogP contribution in [0.4, 0.5) is 17.5 Å². The van der Waals surface area contributed by atoms with Crippen LogP contribution in [0.2, 0.25) is 0 Å². The Morgan fingerprint density at radius 1 is 1.07 bits per heavy atom. The van der Waals surface area contributed by atoms with Gasteiger partial charge in [0, 0.05) is 43.0 Å². The Bertz CT molecular complexity index is 1390. The third kappa shape index (κ3) is 8.28. The molecule has 0 aliphatic heterocycles. The summed E-state index contributed by atoms with van der Waals surface area (Å²) in [6.45, 7) is 8.30. The molecule has 234 valence electrons. The predicted octanol–water partition coefficient (Wildman–Crippen LogP) is 4.53. The number of carbonyl (C=O) groups is 1. The first-order valence-electron chi connectivity index (χ1n) is 14.8. The first kappa shape index (κ1) is 31.9. The highest BCUT2D eigenvalue weighted by Crippen LogP contribution is 2.40. The van der Waals surface area contributed by atoms with Gasteiger partial charge in [0.1, 0.15) is 17.5 Å². The number of fused-ring (bicyclic) bond motifs is 1. The second kappa shape index (κ2) is 13.9. The molecule has 2 heterocycles. The van der Waals surface area contributed by atoms with Crippen LogP contribution < -0.4 is 36.3 Å². The van der Waals surface area contributed by atoms with Gasteiger partial charge in [0.25, 0.3) is 0 Å². The van der Waals surface area contributed by atoms with E-state index < -0.39 is 11.6 Å². The molecule has 0 radical (unpaired) electrons. The number of pyridine rings is 1. The summed E-state index contributed by atoms with van der Waals surface area (Å²) in [7, 11) is 3.15. The van der Waals surface area contributed by atoms with E-state index >= 15 is 0 Å². The molecule has 4 rings (SSSR count). The lowest BCUT2D eigenvalue weighted by molar-refractivity contribution is -0.158. The maximum atomic E-state index is 13.1. The van der Waals surface area contributed by atoms with Crippen molar-refractivity contribution in [2.45, 2.75) is 90.4 Å². The summed E-state index contributed by atoms with van der Waals surface area (Å²) in [4.78, 5) is 25.7. The molecule has 1 atom stereocenters. The van der Waals surface area contributed by atoms with Gasteiger partial charge in [0.15, 0.2) is 17.1 Å². The van der Waals surface area contributed by atoms with Gasteiger partial charge in [-0.3, -0.25) is 4.79 Å². The summed E-state index contributed by atoms with van der Waals surface area (Å²) in [5.74, 6) is 1.57. The van der Waals surface area contributed by atoms with Gasteiger partial charge in [-0.25, -0.2) is 4.98 Å². The summed E-state index contributed by atoms with van der Waals surface area (Å²) in [6, 6.07) is 3.50. The summed E-state index contributed by atoms with van der Waals surface area (Å²) >= 11 is 0. The fourth-order valence-electron chi connectivity index (χ4n) is 5.31. The van der Waals surface area contributed by atoms with Gasteiger partial charge in [-0.15, -0.1) is 0 Å². The number of esters is 1. The number of aryl methyl sites for hydroxylation is 1. The van der Waals surface area contributed by atoms with Crippen molar-refractivity contribution in [2.24, 2.45) is 0 Å². The third-order valence-corrected chi connectivity index (χ3v) is 7.46. The minimum Gasteiger partial charge on any atom is -0.493 e. The zero-order valence-electron chi connectivity index (χ0n) is 26.1. The van der Waals surface area contributed by atoms with Crippen molar-refractivity contribution in [1.82, 2.24) is 20.3 Å². The Kier molecular flexibility index (Phi) is 10.3. The van der Waals surface area contributed by atoms with E-state index in [0.717, 1.165) is 29.7 Å². The molecule has 1 aromatic carbocycles. The average Bonchev–Trinajstić information content (AvgIpc) is 2.95. The van der Waals surface area contributed by atoms with Gasteiger partial charge >= 0.3 is 5.97 Å². The Labute approximate surface area is 253 Å². The first-order valence-corrected chi connectivity index (χ1v) is 14.8. The fourth-order valence-corrected chi connectivity index (χ4v) is 5.31. The largest absolute Gasteiger partial charge is 0.493 e. The standard InChI is InChI=1S/C31H45N7O5/c1-18-19(17-35-28-25(18)27(32)37-30(33)38-28)16-34-21-14-23(40-5)26(24(15-21)41-6)42-13-12-22(29(39)43-31(2,3)4)36-20-10-8-7-9-11-20/h14-15,17,20,22,34,36H,7-13,16H2,1-6H3,(H4,32,33,35,37,38)/t22-/m0/s1. The van der Waals surface area contributed by atoms with Crippen LogP contribution in [0.15, 0.2) is 18.3 Å². The third-order valence-electron chi connectivity index (χ3n) is 7.46. The predicted molar refractivity (Wildman–Crippen MR) is 168 cm³/mol. The molecule has 12 nitrogen and oxygen atoms in total. The van der Waals surface area contributed by atoms with Crippen LogP contribution in [0.5, 0.6) is 17.2 Å². The normalized spacial score (nSPS) is 14.7. The lowest BCUT2D eigenvalue weighted by Crippen LogP contribution is -2.47. The molecule has 43 heavy (non-hydrogen) atoms. The quantitative estimate of drug-likeness (QED) is 0.216. The maximum Gasteiger partial charge on any atom is 0.323 e. The molecular formula is C31H45N7O5. The van der Waals surface area contributed by atoms with Crippen molar-refractivity contribution < 1.29 is 23.7 Å². The van der Waals surface area contributed by atoms with Crippen LogP contribution in [0.3, 0.4) is 0 Å². The fraction of sp³-hybridized carbons (Fsp3) is 0.548. The van der Waals surface area contributed by atoms with Crippen molar-refractivity contribution in [3.8, 4) is 17.2 Å². The minimum atomic E-state index is -0.574. The molecule has 0 amide bonds. The van der Waals surface area contributed by atoms with E-state index in [1.807, 2.05) is 39.8 Å². The summed E-state index contributed by atoms with van der Waals surface area (Å²) < 4.78 is 23.2. The number of nitrogens with zero attached hydrogens (tertiary/aromatic N) is 3. The molecule has 1 aliphatic carbocycles. The van der Waals surface area contributed by atoms with Gasteiger partial charge in [0.2, 0.25) is 11.7 Å². The van der Waals surface area contributed by atoms with E-state index in [0.29, 0.717) is 53.1 Å². The SMILES string of the molecule is COc1cc(NCc2cnc3nc(N)nc(N)c3c2C)cc(OC)c1OCC[C@H](NC1CCCCC1)C(=O)OC(C)(C)C. The highest BCUT2D eigenvalue weighted by atomic mass is 16.6. The lowest BCUT2D eigenvalue weighted by atomic mass is 9.94. The van der Waals surface area contributed by atoms with Crippen LogP contribution in [0.1, 0.15) is 70.4 Å². The van der Waals surface area contributed by atoms with Gasteiger partial charge in [0.05, 0.1) is 26.2 Å². The van der Waals surface area contributed by atoms with E-state index in [2.05, 4.69) is 25.6 Å². The summed E-state index contributed by atoms with van der Waals surface area (Å²) in [6.07, 6.45) is 7.86. The molecule has 1 aliphatic rings. The molecule has 2 aromatic heterocycles. The molecule has 0 bridgehead atoms. The monoisotopic (exact) mass is 595 g/mol. The van der Waals surface area contributed by atoms with Crippen molar-refractivity contribution in [2.75, 3.05) is 37.6 Å². The number of rotatable bonds is 12. The Hall–Kier alpha value is -4.06. The molecule has 6 N–H and O–H groups in total. The van der Waals surface area contributed by atoms with E-state index in [9.17, 15) is 4.79 Å². The van der Waals surface area contributed by atoms with Gasteiger partial charge < -0.3 is 41.0 Å². The Balaban J connectivity index is 1.46. The Morgan fingerprint density at radius 2 is 1.74 bits per heavy atom. The van der Waals surface area contributed by atoms with Crippen molar-refractivity contribution in [1.29, 1.82) is 0 Å². The molecule has 3 aromatic rings. The van der Waals surface area contributed by atoms with Crippen LogP contribution >= 0.6 is 0 Å². The molecule has 12 heteroatoms. The van der Waals surface area contributed by atoms with Crippen molar-refractivity contribution in [3.05, 3.63) is 29.5 Å². The number of carbonyl (C=O) groups excluding carboxylic acids is 1. The minimum absolute atomic E-state index is 0.0881. The number of hydrogen-bond acceptors (Lipinski definition) is 12. The average molecular weight is 596 g/mol. The summed E-state index contributed by atoms with van der Waals surface area (Å²) in [5.41, 5.74) is 14.3. The number of ether oxygens (including phenoxy) is 4. The number of nitrogens with two attached hydrogens (primary N) is 2. The zero-order valence-corrected chi connectivity index (χ0v) is 26.1. The number of anilines is 3. The van der Waals surface area contributed by atoms with Gasteiger partial charge in [-0.05, 0) is 51.7 Å². The lowest BCUT2D eigenvalue weighted by Gasteiger charge is -2.30.